The van der Waals surface area contributed by atoms with Crippen molar-refractivity contribution in [1.29, 1.82) is 0 Å². The number of hydrogen-bond donors (Lipinski definition) is 0. The van der Waals surface area contributed by atoms with Crippen LogP contribution in [0.2, 0.25) is 0 Å². The molecule has 1 aromatic rings. The molecule has 1 aromatic carbocycles. The lowest BCUT2D eigenvalue weighted by Crippen LogP contribution is -2.03. The highest BCUT2D eigenvalue weighted by molar-refractivity contribution is 9.09. The van der Waals surface area contributed by atoms with Crippen LogP contribution in [0.3, 0.4) is 0 Å². The molecule has 0 spiro atoms. The van der Waals surface area contributed by atoms with Crippen LogP contribution in [0.25, 0.3) is 0 Å². The van der Waals surface area contributed by atoms with Crippen LogP contribution >= 0.6 is 27.5 Å². The van der Waals surface area contributed by atoms with E-state index in [0.717, 1.165) is 5.33 Å². The Balaban J connectivity index is 2.73. The number of nitro benzene ring substituents is 1. The Morgan fingerprint density at radius 1 is 1.40 bits per heavy atom. The quantitative estimate of drug-likeness (QED) is 0.220. The van der Waals surface area contributed by atoms with Gasteiger partial charge in [0.25, 0.3) is 5.69 Å². The van der Waals surface area contributed by atoms with Gasteiger partial charge in [-0.15, -0.1) is 11.6 Å². The van der Waals surface area contributed by atoms with Crippen molar-refractivity contribution in [3.8, 4) is 5.75 Å². The second-order valence-electron chi connectivity index (χ2n) is 3.73. The fourth-order valence-corrected chi connectivity index (χ4v) is 1.79. The number of ether oxygens (including phenoxy) is 2. The number of rotatable bonds is 9. The molecule has 0 fully saturated rings. The molecule has 5 nitrogen and oxygen atoms in total. The van der Waals surface area contributed by atoms with Crippen molar-refractivity contribution < 1.29 is 14.4 Å². The molecular weight excluding hydrogens is 350 g/mol. The summed E-state index contributed by atoms with van der Waals surface area (Å²) in [7, 11) is 0. The number of nitrogens with zero attached hydrogens (tertiary/aromatic N) is 1. The van der Waals surface area contributed by atoms with Gasteiger partial charge in [0.05, 0.1) is 24.0 Å². The summed E-state index contributed by atoms with van der Waals surface area (Å²) in [6, 6.07) is 4.42. The zero-order chi connectivity index (χ0) is 14.8. The van der Waals surface area contributed by atoms with E-state index in [9.17, 15) is 10.1 Å². The van der Waals surface area contributed by atoms with Crippen molar-refractivity contribution in [3.05, 3.63) is 46.0 Å². The third-order valence-corrected chi connectivity index (χ3v) is 2.85. The first kappa shape index (κ1) is 16.9. The van der Waals surface area contributed by atoms with Crippen molar-refractivity contribution in [2.75, 3.05) is 24.4 Å². The van der Waals surface area contributed by atoms with Gasteiger partial charge in [-0.25, -0.2) is 0 Å². The number of halogens is 2. The van der Waals surface area contributed by atoms with Gasteiger partial charge in [-0.05, 0) is 6.07 Å². The van der Waals surface area contributed by atoms with Gasteiger partial charge in [0.15, 0.2) is 0 Å². The molecule has 20 heavy (non-hydrogen) atoms. The van der Waals surface area contributed by atoms with Crippen molar-refractivity contribution in [2.24, 2.45) is 0 Å². The summed E-state index contributed by atoms with van der Waals surface area (Å²) in [5.74, 6) is 0.909. The molecule has 0 heterocycles. The zero-order valence-corrected chi connectivity index (χ0v) is 13.1. The average Bonchev–Trinajstić information content (AvgIpc) is 2.45. The zero-order valence-electron chi connectivity index (χ0n) is 10.8. The normalized spacial score (nSPS) is 10.9. The minimum absolute atomic E-state index is 0.0119. The summed E-state index contributed by atoms with van der Waals surface area (Å²) in [6.45, 7) is 1.02. The topological polar surface area (TPSA) is 61.6 Å². The molecule has 1 rings (SSSR count). The predicted octanol–water partition coefficient (Wildman–Crippen LogP) is 3.68. The second-order valence-corrected chi connectivity index (χ2v) is 4.75. The Morgan fingerprint density at radius 3 is 2.85 bits per heavy atom. The molecular formula is C13H15BrClNO4. The lowest BCUT2D eigenvalue weighted by atomic mass is 10.2. The van der Waals surface area contributed by atoms with Crippen LogP contribution in [0.4, 0.5) is 5.69 Å². The molecule has 0 aliphatic heterocycles. The number of alkyl halides is 2. The summed E-state index contributed by atoms with van der Waals surface area (Å²) in [4.78, 5) is 10.3. The minimum atomic E-state index is -0.445. The van der Waals surface area contributed by atoms with E-state index >= 15 is 0 Å². The van der Waals surface area contributed by atoms with Crippen LogP contribution in [0.1, 0.15) is 5.56 Å². The summed E-state index contributed by atoms with van der Waals surface area (Å²) < 4.78 is 10.9. The Morgan fingerprint density at radius 2 is 2.20 bits per heavy atom. The fraction of sp³-hybridized carbons (Fsp3) is 0.385. The molecule has 0 radical (unpaired) electrons. The van der Waals surface area contributed by atoms with E-state index in [0.29, 0.717) is 30.4 Å². The van der Waals surface area contributed by atoms with Crippen molar-refractivity contribution >= 4 is 33.2 Å². The molecule has 0 aliphatic rings. The number of benzene rings is 1. The number of non-ortho nitro benzene ring substituents is 1. The Hall–Kier alpha value is -1.11. The Kier molecular flexibility index (Phi) is 8.25. The van der Waals surface area contributed by atoms with Crippen molar-refractivity contribution in [1.82, 2.24) is 0 Å². The van der Waals surface area contributed by atoms with E-state index in [4.69, 9.17) is 21.1 Å². The smallest absolute Gasteiger partial charge is 0.270 e. The third kappa shape index (κ3) is 5.90. The molecule has 0 bridgehead atoms. The molecule has 0 saturated heterocycles. The highest BCUT2D eigenvalue weighted by atomic mass is 79.9. The van der Waals surface area contributed by atoms with Gasteiger partial charge in [0.2, 0.25) is 0 Å². The Bertz CT molecular complexity index is 468. The number of hydrogen-bond acceptors (Lipinski definition) is 4. The van der Waals surface area contributed by atoms with Gasteiger partial charge in [0.1, 0.15) is 12.4 Å². The molecule has 110 valence electrons. The predicted molar refractivity (Wildman–Crippen MR) is 81.9 cm³/mol. The third-order valence-electron chi connectivity index (χ3n) is 2.32. The maximum absolute atomic E-state index is 10.8. The van der Waals surface area contributed by atoms with Crippen LogP contribution in [-0.4, -0.2) is 29.3 Å². The van der Waals surface area contributed by atoms with E-state index in [1.807, 2.05) is 12.2 Å². The standard InChI is InChI=1S/C13H15BrClNO4/c14-5-1-2-7-19-10-11-9-12(16(17)18)3-4-13(11)20-8-6-15/h1-4,9H,5-8,10H2. The van der Waals surface area contributed by atoms with Gasteiger partial charge < -0.3 is 9.47 Å². The SMILES string of the molecule is O=[N+]([O-])c1ccc(OCCCl)c(COCC=CCBr)c1. The highest BCUT2D eigenvalue weighted by Crippen LogP contribution is 2.25. The highest BCUT2D eigenvalue weighted by Gasteiger charge is 2.11. The molecule has 0 saturated carbocycles. The lowest BCUT2D eigenvalue weighted by molar-refractivity contribution is -0.385. The van der Waals surface area contributed by atoms with Crippen LogP contribution in [-0.2, 0) is 11.3 Å². The Labute approximate surface area is 130 Å². The van der Waals surface area contributed by atoms with Crippen LogP contribution in [0, 0.1) is 10.1 Å². The van der Waals surface area contributed by atoms with E-state index in [1.165, 1.54) is 12.1 Å². The van der Waals surface area contributed by atoms with Crippen molar-refractivity contribution in [2.45, 2.75) is 6.61 Å². The summed E-state index contributed by atoms with van der Waals surface area (Å²) in [5, 5.41) is 11.5. The fourth-order valence-electron chi connectivity index (χ4n) is 1.45. The molecule has 0 N–H and O–H groups in total. The number of allylic oxidation sites excluding steroid dienone is 1. The monoisotopic (exact) mass is 363 g/mol. The van der Waals surface area contributed by atoms with E-state index < -0.39 is 4.92 Å². The molecule has 0 amide bonds. The first-order chi connectivity index (χ1) is 9.69. The van der Waals surface area contributed by atoms with Gasteiger partial charge in [-0.3, -0.25) is 10.1 Å². The van der Waals surface area contributed by atoms with Gasteiger partial charge in [-0.2, -0.15) is 0 Å². The average molecular weight is 365 g/mol. The van der Waals surface area contributed by atoms with E-state index in [-0.39, 0.29) is 12.3 Å². The summed E-state index contributed by atoms with van der Waals surface area (Å²) in [6.07, 6.45) is 3.78. The molecule has 0 aromatic heterocycles. The van der Waals surface area contributed by atoms with Crippen molar-refractivity contribution in [3.63, 3.8) is 0 Å². The molecule has 0 unspecified atom stereocenters. The lowest BCUT2D eigenvalue weighted by Gasteiger charge is -2.10. The van der Waals surface area contributed by atoms with Crippen LogP contribution in [0.15, 0.2) is 30.4 Å². The number of nitro groups is 1. The van der Waals surface area contributed by atoms with Gasteiger partial charge in [0, 0.05) is 23.0 Å². The minimum Gasteiger partial charge on any atom is -0.492 e. The second kappa shape index (κ2) is 9.74. The largest absolute Gasteiger partial charge is 0.492 e. The van der Waals surface area contributed by atoms with Gasteiger partial charge in [-0.1, -0.05) is 28.1 Å². The summed E-state index contributed by atoms with van der Waals surface area (Å²) >= 11 is 8.83. The van der Waals surface area contributed by atoms with Gasteiger partial charge >= 0.3 is 0 Å². The maximum atomic E-state index is 10.8. The van der Waals surface area contributed by atoms with Crippen LogP contribution in [0.5, 0.6) is 5.75 Å². The van der Waals surface area contributed by atoms with E-state index in [1.54, 1.807) is 6.07 Å². The van der Waals surface area contributed by atoms with Crippen LogP contribution < -0.4 is 4.74 Å². The first-order valence-electron chi connectivity index (χ1n) is 5.93. The van der Waals surface area contributed by atoms with E-state index in [2.05, 4.69) is 15.9 Å². The maximum Gasteiger partial charge on any atom is 0.270 e. The summed E-state index contributed by atoms with van der Waals surface area (Å²) in [5.41, 5.74) is 0.648. The first-order valence-corrected chi connectivity index (χ1v) is 7.59. The molecule has 0 aliphatic carbocycles. The molecule has 7 heteroatoms. The molecule has 0 atom stereocenters.